The summed E-state index contributed by atoms with van der Waals surface area (Å²) in [5.41, 5.74) is 2.42. The molecule has 4 rings (SSSR count). The third-order valence-electron chi connectivity index (χ3n) is 4.89. The molecule has 0 aliphatic heterocycles. The van der Waals surface area contributed by atoms with Gasteiger partial charge in [-0.15, -0.1) is 0 Å². The summed E-state index contributed by atoms with van der Waals surface area (Å²) >= 11 is 5.89. The second-order valence-corrected chi connectivity index (χ2v) is 7.24. The summed E-state index contributed by atoms with van der Waals surface area (Å²) in [7, 11) is 4.64. The summed E-state index contributed by atoms with van der Waals surface area (Å²) in [6.07, 6.45) is 1.48. The topological polar surface area (TPSA) is 82.6 Å². The molecule has 0 aliphatic carbocycles. The maximum atomic E-state index is 13.2. The Labute approximate surface area is 189 Å². The van der Waals surface area contributed by atoms with Crippen molar-refractivity contribution in [1.82, 2.24) is 9.97 Å². The molecule has 2 aromatic heterocycles. The monoisotopic (exact) mass is 449 g/mol. The number of hydrogen-bond acceptors (Lipinski definition) is 6. The number of hydrogen-bond donors (Lipinski definition) is 1. The van der Waals surface area contributed by atoms with Gasteiger partial charge in [-0.05, 0) is 36.4 Å². The molecule has 0 saturated heterocycles. The van der Waals surface area contributed by atoms with Crippen molar-refractivity contribution in [3.05, 3.63) is 71.4 Å². The van der Waals surface area contributed by atoms with Crippen LogP contribution in [-0.2, 0) is 0 Å². The summed E-state index contributed by atoms with van der Waals surface area (Å²) in [6, 6.07) is 16.1. The van der Waals surface area contributed by atoms with Gasteiger partial charge in [-0.2, -0.15) is 0 Å². The van der Waals surface area contributed by atoms with Gasteiger partial charge in [0.25, 0.3) is 5.91 Å². The number of fused-ring (bicyclic) bond motifs is 1. The van der Waals surface area contributed by atoms with Gasteiger partial charge in [-0.1, -0.05) is 29.8 Å². The van der Waals surface area contributed by atoms with Crippen molar-refractivity contribution < 1.29 is 19.0 Å². The number of nitrogens with one attached hydrogen (secondary N) is 1. The lowest BCUT2D eigenvalue weighted by atomic mass is 10.0. The first-order chi connectivity index (χ1) is 15.5. The van der Waals surface area contributed by atoms with E-state index in [1.165, 1.54) is 6.20 Å². The molecule has 0 bridgehead atoms. The number of carbonyl (C=O) groups is 1. The van der Waals surface area contributed by atoms with E-state index in [9.17, 15) is 4.79 Å². The Hall–Kier alpha value is -3.84. The van der Waals surface area contributed by atoms with Crippen molar-refractivity contribution in [2.75, 3.05) is 26.6 Å². The molecule has 0 aliphatic rings. The molecule has 2 heterocycles. The van der Waals surface area contributed by atoms with E-state index in [1.54, 1.807) is 51.7 Å². The molecule has 4 aromatic rings. The van der Waals surface area contributed by atoms with E-state index in [2.05, 4.69) is 10.3 Å². The van der Waals surface area contributed by atoms with E-state index in [1.807, 2.05) is 24.3 Å². The van der Waals surface area contributed by atoms with E-state index in [0.29, 0.717) is 50.4 Å². The minimum Gasteiger partial charge on any atom is -0.493 e. The van der Waals surface area contributed by atoms with Crippen LogP contribution in [0.2, 0.25) is 5.02 Å². The number of aromatic nitrogens is 2. The van der Waals surface area contributed by atoms with E-state index >= 15 is 0 Å². The Morgan fingerprint density at radius 1 is 0.938 bits per heavy atom. The number of carbonyl (C=O) groups excluding carboxylic acids is 1. The predicted octanol–water partition coefficient (Wildman–Crippen LogP) is 5.23. The summed E-state index contributed by atoms with van der Waals surface area (Å²) in [5, 5.41) is 4.02. The number of halogens is 1. The number of nitrogens with zero attached hydrogens (tertiary/aromatic N) is 2. The maximum absolute atomic E-state index is 13.2. The number of ether oxygens (including phenoxy) is 3. The minimum atomic E-state index is -0.313. The van der Waals surface area contributed by atoms with Gasteiger partial charge in [-0.3, -0.25) is 4.79 Å². The van der Waals surface area contributed by atoms with Crippen LogP contribution in [0.4, 0.5) is 5.82 Å². The molecule has 8 heteroatoms. The van der Waals surface area contributed by atoms with Gasteiger partial charge in [0, 0.05) is 17.1 Å². The molecule has 162 valence electrons. The van der Waals surface area contributed by atoms with E-state index in [0.717, 1.165) is 5.39 Å². The molecule has 0 fully saturated rings. The van der Waals surface area contributed by atoms with Crippen LogP contribution in [0, 0.1) is 0 Å². The van der Waals surface area contributed by atoms with Crippen LogP contribution in [0.5, 0.6) is 17.2 Å². The molecule has 0 saturated carbocycles. The zero-order valence-corrected chi connectivity index (χ0v) is 18.4. The van der Waals surface area contributed by atoms with Gasteiger partial charge in [-0.25, -0.2) is 9.97 Å². The van der Waals surface area contributed by atoms with Crippen LogP contribution in [0.15, 0.2) is 60.8 Å². The maximum Gasteiger partial charge on any atom is 0.257 e. The second-order valence-electron chi connectivity index (χ2n) is 6.80. The Kier molecular flexibility index (Phi) is 6.09. The van der Waals surface area contributed by atoms with Gasteiger partial charge in [0.2, 0.25) is 5.75 Å². The van der Waals surface area contributed by atoms with Gasteiger partial charge >= 0.3 is 0 Å². The van der Waals surface area contributed by atoms with Crippen LogP contribution >= 0.6 is 11.6 Å². The highest BCUT2D eigenvalue weighted by atomic mass is 35.5. The van der Waals surface area contributed by atoms with Gasteiger partial charge in [0.05, 0.1) is 43.1 Å². The fourth-order valence-electron chi connectivity index (χ4n) is 3.37. The largest absolute Gasteiger partial charge is 0.493 e. The number of para-hydroxylation sites is 1. The lowest BCUT2D eigenvalue weighted by Gasteiger charge is -2.15. The molecule has 0 unspecified atom stereocenters. The molecule has 1 N–H and O–H groups in total. The molecule has 1 amide bonds. The molecular weight excluding hydrogens is 430 g/mol. The highest BCUT2D eigenvalue weighted by Crippen LogP contribution is 2.41. The smallest absolute Gasteiger partial charge is 0.257 e. The van der Waals surface area contributed by atoms with E-state index < -0.39 is 0 Å². The number of amides is 1. The Balaban J connectivity index is 1.84. The zero-order valence-electron chi connectivity index (χ0n) is 17.7. The summed E-state index contributed by atoms with van der Waals surface area (Å²) < 4.78 is 16.3. The minimum absolute atomic E-state index is 0.313. The Morgan fingerprint density at radius 2 is 1.66 bits per heavy atom. The molecular formula is C24H20ClN3O4. The van der Waals surface area contributed by atoms with Crippen LogP contribution in [0.25, 0.3) is 22.2 Å². The van der Waals surface area contributed by atoms with E-state index in [-0.39, 0.29) is 5.91 Å². The van der Waals surface area contributed by atoms with E-state index in [4.69, 9.17) is 30.8 Å². The molecule has 7 nitrogen and oxygen atoms in total. The molecule has 2 aromatic carbocycles. The van der Waals surface area contributed by atoms with Crippen LogP contribution in [0.3, 0.4) is 0 Å². The molecule has 0 radical (unpaired) electrons. The zero-order chi connectivity index (χ0) is 22.7. The Morgan fingerprint density at radius 3 is 2.28 bits per heavy atom. The number of methoxy groups -OCH3 is 3. The standard InChI is InChI=1S/C24H20ClN3O4/c1-30-20-10-14(11-21(31-2)23(20)32-3)19-12-17(16-6-4-5-7-18(16)27-19)24(29)28-22-9-8-15(25)13-26-22/h4-13H,1-3H3,(H,26,28,29). The average molecular weight is 450 g/mol. The highest BCUT2D eigenvalue weighted by Gasteiger charge is 2.18. The molecule has 0 spiro atoms. The second kappa shape index (κ2) is 9.11. The van der Waals surface area contributed by atoms with Crippen molar-refractivity contribution >= 4 is 34.2 Å². The highest BCUT2D eigenvalue weighted by molar-refractivity contribution is 6.30. The third-order valence-corrected chi connectivity index (χ3v) is 5.11. The van der Waals surface area contributed by atoms with Crippen molar-refractivity contribution in [2.45, 2.75) is 0 Å². The quantitative estimate of drug-likeness (QED) is 0.434. The number of anilines is 1. The van der Waals surface area contributed by atoms with Crippen molar-refractivity contribution in [3.8, 4) is 28.5 Å². The number of pyridine rings is 2. The van der Waals surface area contributed by atoms with Gasteiger partial charge < -0.3 is 19.5 Å². The first-order valence-corrected chi connectivity index (χ1v) is 10.0. The SMILES string of the molecule is COc1cc(-c2cc(C(=O)Nc3ccc(Cl)cn3)c3ccccc3n2)cc(OC)c1OC. The van der Waals surface area contributed by atoms with Crippen molar-refractivity contribution in [1.29, 1.82) is 0 Å². The average Bonchev–Trinajstić information content (AvgIpc) is 2.83. The fourth-order valence-corrected chi connectivity index (χ4v) is 3.49. The van der Waals surface area contributed by atoms with Crippen molar-refractivity contribution in [2.24, 2.45) is 0 Å². The normalized spacial score (nSPS) is 10.6. The summed E-state index contributed by atoms with van der Waals surface area (Å²) in [4.78, 5) is 22.1. The first kappa shape index (κ1) is 21.4. The number of benzene rings is 2. The lowest BCUT2D eigenvalue weighted by Crippen LogP contribution is -2.14. The Bertz CT molecular complexity index is 1270. The van der Waals surface area contributed by atoms with Crippen molar-refractivity contribution in [3.63, 3.8) is 0 Å². The lowest BCUT2D eigenvalue weighted by molar-refractivity contribution is 0.102. The predicted molar refractivity (Wildman–Crippen MR) is 124 cm³/mol. The molecule has 0 atom stereocenters. The van der Waals surface area contributed by atoms with Crippen LogP contribution in [-0.4, -0.2) is 37.2 Å². The van der Waals surface area contributed by atoms with Gasteiger partial charge in [0.1, 0.15) is 5.82 Å². The summed E-state index contributed by atoms with van der Waals surface area (Å²) in [5.74, 6) is 1.55. The third kappa shape index (κ3) is 4.15. The van der Waals surface area contributed by atoms with Crippen LogP contribution < -0.4 is 19.5 Å². The first-order valence-electron chi connectivity index (χ1n) is 9.67. The van der Waals surface area contributed by atoms with Crippen LogP contribution in [0.1, 0.15) is 10.4 Å². The fraction of sp³-hybridized carbons (Fsp3) is 0.125. The van der Waals surface area contributed by atoms with Gasteiger partial charge in [0.15, 0.2) is 11.5 Å². The number of rotatable bonds is 6. The summed E-state index contributed by atoms with van der Waals surface area (Å²) in [6.45, 7) is 0. The molecule has 32 heavy (non-hydrogen) atoms.